The summed E-state index contributed by atoms with van der Waals surface area (Å²) in [7, 11) is 0. The molecule has 1 N–H and O–H groups in total. The Labute approximate surface area is 122 Å². The normalized spacial score (nSPS) is 18.7. The Morgan fingerprint density at radius 3 is 2.95 bits per heavy atom. The van der Waals surface area contributed by atoms with E-state index in [0.29, 0.717) is 24.0 Å². The van der Waals surface area contributed by atoms with Gasteiger partial charge in [-0.2, -0.15) is 4.98 Å². The molecule has 2 aromatic heterocycles. The number of nitrogens with zero attached hydrogens (tertiary/aromatic N) is 4. The Hall–Kier alpha value is -2.18. The minimum atomic E-state index is -0.110. The molecule has 0 saturated carbocycles. The van der Waals surface area contributed by atoms with Crippen molar-refractivity contribution in [1.29, 1.82) is 0 Å². The zero-order valence-corrected chi connectivity index (χ0v) is 12.5. The maximum atomic E-state index is 12.6. The van der Waals surface area contributed by atoms with E-state index in [9.17, 15) is 4.79 Å². The van der Waals surface area contributed by atoms with Crippen molar-refractivity contribution >= 4 is 5.91 Å². The van der Waals surface area contributed by atoms with Gasteiger partial charge in [0.15, 0.2) is 5.82 Å². The van der Waals surface area contributed by atoms with E-state index in [-0.39, 0.29) is 17.9 Å². The van der Waals surface area contributed by atoms with Crippen molar-refractivity contribution in [2.24, 2.45) is 0 Å². The molecule has 0 bridgehead atoms. The van der Waals surface area contributed by atoms with Crippen LogP contribution in [-0.2, 0) is 0 Å². The molecule has 1 unspecified atom stereocenters. The fraction of sp³-hybridized carbons (Fsp3) is 0.571. The number of carbonyl (C=O) groups excluding carboxylic acids is 1. The largest absolute Gasteiger partial charge is 0.340 e. The summed E-state index contributed by atoms with van der Waals surface area (Å²) in [6.45, 7) is 6.52. The van der Waals surface area contributed by atoms with Gasteiger partial charge in [0, 0.05) is 19.4 Å². The molecule has 21 heavy (non-hydrogen) atoms. The van der Waals surface area contributed by atoms with E-state index in [4.69, 9.17) is 4.52 Å². The van der Waals surface area contributed by atoms with E-state index < -0.39 is 0 Å². The predicted molar refractivity (Wildman–Crippen MR) is 74.7 cm³/mol. The van der Waals surface area contributed by atoms with Crippen molar-refractivity contribution in [2.75, 3.05) is 6.54 Å². The van der Waals surface area contributed by atoms with Gasteiger partial charge in [0.2, 0.25) is 5.89 Å². The summed E-state index contributed by atoms with van der Waals surface area (Å²) in [4.78, 5) is 26.0. The van der Waals surface area contributed by atoms with Crippen LogP contribution < -0.4 is 0 Å². The van der Waals surface area contributed by atoms with Crippen molar-refractivity contribution in [3.05, 3.63) is 29.4 Å². The molecule has 3 rings (SSSR count). The van der Waals surface area contributed by atoms with Gasteiger partial charge in [-0.15, -0.1) is 0 Å². The second-order valence-corrected chi connectivity index (χ2v) is 5.66. The quantitative estimate of drug-likeness (QED) is 0.935. The molecule has 0 aromatic carbocycles. The highest BCUT2D eigenvalue weighted by atomic mass is 16.5. The Morgan fingerprint density at radius 1 is 1.52 bits per heavy atom. The summed E-state index contributed by atoms with van der Waals surface area (Å²) >= 11 is 0. The Bertz CT molecular complexity index is 645. The highest BCUT2D eigenvalue weighted by Crippen LogP contribution is 2.31. The second-order valence-electron chi connectivity index (χ2n) is 5.66. The van der Waals surface area contributed by atoms with Gasteiger partial charge in [0.25, 0.3) is 5.91 Å². The number of aromatic amines is 1. The van der Waals surface area contributed by atoms with E-state index in [1.54, 1.807) is 18.0 Å². The van der Waals surface area contributed by atoms with Crippen LogP contribution >= 0.6 is 0 Å². The molecule has 1 aliphatic rings. The van der Waals surface area contributed by atoms with Crippen LogP contribution in [-0.4, -0.2) is 37.5 Å². The molecule has 1 amide bonds. The van der Waals surface area contributed by atoms with Crippen LogP contribution in [0.25, 0.3) is 0 Å². The van der Waals surface area contributed by atoms with Gasteiger partial charge in [-0.3, -0.25) is 4.79 Å². The zero-order valence-electron chi connectivity index (χ0n) is 12.5. The molecule has 0 aliphatic carbocycles. The van der Waals surface area contributed by atoms with E-state index in [1.165, 1.54) is 0 Å². The summed E-state index contributed by atoms with van der Waals surface area (Å²) in [6.07, 6.45) is 3.40. The number of hydrogen-bond donors (Lipinski definition) is 1. The molecule has 3 heterocycles. The second kappa shape index (κ2) is 5.31. The van der Waals surface area contributed by atoms with Crippen molar-refractivity contribution in [2.45, 2.75) is 45.6 Å². The first-order valence-corrected chi connectivity index (χ1v) is 7.22. The lowest BCUT2D eigenvalue weighted by Gasteiger charge is -2.21. The number of H-pyrrole nitrogens is 1. The number of amides is 1. The smallest absolute Gasteiger partial charge is 0.272 e. The molecule has 0 radical (unpaired) electrons. The first-order valence-electron chi connectivity index (χ1n) is 7.22. The molecule has 112 valence electrons. The van der Waals surface area contributed by atoms with Crippen LogP contribution in [0.5, 0.6) is 0 Å². The SMILES string of the molecule is Cc1nc(C2CCCN2C(=O)c2cnc(C(C)C)[nH]2)no1. The zero-order chi connectivity index (χ0) is 15.0. The number of nitrogens with one attached hydrogen (secondary N) is 1. The molecule has 1 aliphatic heterocycles. The van der Waals surface area contributed by atoms with Gasteiger partial charge in [0.1, 0.15) is 11.5 Å². The minimum Gasteiger partial charge on any atom is -0.340 e. The molecule has 0 spiro atoms. The van der Waals surface area contributed by atoms with E-state index in [2.05, 4.69) is 20.1 Å². The highest BCUT2D eigenvalue weighted by Gasteiger charge is 2.34. The fourth-order valence-corrected chi connectivity index (χ4v) is 2.62. The maximum Gasteiger partial charge on any atom is 0.272 e. The minimum absolute atomic E-state index is 0.0562. The third kappa shape index (κ3) is 2.55. The fourth-order valence-electron chi connectivity index (χ4n) is 2.62. The lowest BCUT2D eigenvalue weighted by Crippen LogP contribution is -2.31. The van der Waals surface area contributed by atoms with Crippen molar-refractivity contribution < 1.29 is 9.32 Å². The Balaban J connectivity index is 1.82. The molecular weight excluding hydrogens is 270 g/mol. The number of likely N-dealkylation sites (tertiary alicyclic amines) is 1. The molecule has 7 nitrogen and oxygen atoms in total. The van der Waals surface area contributed by atoms with Gasteiger partial charge < -0.3 is 14.4 Å². The Morgan fingerprint density at radius 2 is 2.33 bits per heavy atom. The van der Waals surface area contributed by atoms with Gasteiger partial charge >= 0.3 is 0 Å². The molecular formula is C14H19N5O2. The van der Waals surface area contributed by atoms with Crippen molar-refractivity contribution in [3.8, 4) is 0 Å². The van der Waals surface area contributed by atoms with Crippen molar-refractivity contribution in [1.82, 2.24) is 25.0 Å². The van der Waals surface area contributed by atoms with Crippen LogP contribution in [0.2, 0.25) is 0 Å². The molecule has 2 aromatic rings. The number of hydrogen-bond acceptors (Lipinski definition) is 5. The van der Waals surface area contributed by atoms with Gasteiger partial charge in [-0.05, 0) is 12.8 Å². The van der Waals surface area contributed by atoms with Crippen LogP contribution in [0.3, 0.4) is 0 Å². The third-order valence-electron chi connectivity index (χ3n) is 3.73. The highest BCUT2D eigenvalue weighted by molar-refractivity contribution is 5.92. The number of carbonyl (C=O) groups is 1. The predicted octanol–water partition coefficient (Wildman–Crippen LogP) is 2.20. The topological polar surface area (TPSA) is 87.9 Å². The van der Waals surface area contributed by atoms with E-state index in [0.717, 1.165) is 18.7 Å². The molecule has 1 saturated heterocycles. The van der Waals surface area contributed by atoms with E-state index in [1.807, 2.05) is 13.8 Å². The number of aromatic nitrogens is 4. The summed E-state index contributed by atoms with van der Waals surface area (Å²) in [5.41, 5.74) is 0.519. The Kier molecular flexibility index (Phi) is 3.48. The third-order valence-corrected chi connectivity index (χ3v) is 3.73. The lowest BCUT2D eigenvalue weighted by atomic mass is 10.2. The lowest BCUT2D eigenvalue weighted by molar-refractivity contribution is 0.0722. The summed E-state index contributed by atoms with van der Waals surface area (Å²) < 4.78 is 5.03. The standard InChI is InChI=1S/C14H19N5O2/c1-8(2)12-15-7-10(17-12)14(20)19-6-4-5-11(19)13-16-9(3)21-18-13/h7-8,11H,4-6H2,1-3H3,(H,15,17). The summed E-state index contributed by atoms with van der Waals surface area (Å²) in [5.74, 6) is 2.14. The monoisotopic (exact) mass is 289 g/mol. The number of aryl methyl sites for hydroxylation is 1. The molecule has 1 fully saturated rings. The molecule has 1 atom stereocenters. The maximum absolute atomic E-state index is 12.6. The van der Waals surface area contributed by atoms with Crippen LogP contribution in [0.1, 0.15) is 66.7 Å². The van der Waals surface area contributed by atoms with Gasteiger partial charge in [0.05, 0.1) is 12.2 Å². The van der Waals surface area contributed by atoms with Gasteiger partial charge in [-0.1, -0.05) is 19.0 Å². The number of imidazole rings is 1. The summed E-state index contributed by atoms with van der Waals surface area (Å²) in [6, 6.07) is -0.110. The van der Waals surface area contributed by atoms with Crippen LogP contribution in [0.15, 0.2) is 10.7 Å². The first kappa shape index (κ1) is 13.8. The number of rotatable bonds is 3. The van der Waals surface area contributed by atoms with Crippen LogP contribution in [0.4, 0.5) is 0 Å². The summed E-state index contributed by atoms with van der Waals surface area (Å²) in [5, 5.41) is 3.95. The average molecular weight is 289 g/mol. The van der Waals surface area contributed by atoms with E-state index >= 15 is 0 Å². The first-order chi connectivity index (χ1) is 10.1. The molecule has 7 heteroatoms. The van der Waals surface area contributed by atoms with Crippen LogP contribution in [0, 0.1) is 6.92 Å². The van der Waals surface area contributed by atoms with Gasteiger partial charge in [-0.25, -0.2) is 4.98 Å². The van der Waals surface area contributed by atoms with Crippen molar-refractivity contribution in [3.63, 3.8) is 0 Å². The average Bonchev–Trinajstić information content (AvgIpc) is 3.17.